The summed E-state index contributed by atoms with van der Waals surface area (Å²) in [7, 11) is 0. The van der Waals surface area contributed by atoms with Crippen LogP contribution < -0.4 is 0 Å². The zero-order valence-electron chi connectivity index (χ0n) is 13.2. The molecule has 24 heavy (non-hydrogen) atoms. The van der Waals surface area contributed by atoms with Crippen molar-refractivity contribution >= 4 is 11.6 Å². The molecule has 0 aliphatic heterocycles. The summed E-state index contributed by atoms with van der Waals surface area (Å²) in [6.45, 7) is 0. The molecule has 1 aliphatic carbocycles. The Hall–Kier alpha value is -2.10. The first kappa shape index (κ1) is 15.4. The molecule has 1 N–H and O–H groups in total. The standard InChI is InChI=1S/C20H19ClN2O/c21-18-8-4-5-15(13-18)19(23-12-11-22-14-23)20(24,17-9-10-17)16-6-2-1-3-7-16/h1-8,11-14,17,19,24H,9-10H2. The molecule has 0 amide bonds. The summed E-state index contributed by atoms with van der Waals surface area (Å²) < 4.78 is 1.98. The Balaban J connectivity index is 1.91. The summed E-state index contributed by atoms with van der Waals surface area (Å²) in [6, 6.07) is 17.4. The molecule has 2 aromatic carbocycles. The van der Waals surface area contributed by atoms with Gasteiger partial charge < -0.3 is 9.67 Å². The van der Waals surface area contributed by atoms with Gasteiger partial charge in [-0.1, -0.05) is 54.1 Å². The van der Waals surface area contributed by atoms with Gasteiger partial charge in [0, 0.05) is 17.4 Å². The van der Waals surface area contributed by atoms with Gasteiger partial charge in [-0.05, 0) is 42.0 Å². The van der Waals surface area contributed by atoms with Crippen molar-refractivity contribution in [2.75, 3.05) is 0 Å². The molecule has 2 unspecified atom stereocenters. The van der Waals surface area contributed by atoms with E-state index in [2.05, 4.69) is 4.98 Å². The molecule has 0 radical (unpaired) electrons. The van der Waals surface area contributed by atoms with Crippen molar-refractivity contribution in [2.24, 2.45) is 5.92 Å². The van der Waals surface area contributed by atoms with Crippen LogP contribution in [0, 0.1) is 5.92 Å². The molecule has 0 bridgehead atoms. The van der Waals surface area contributed by atoms with Gasteiger partial charge in [0.1, 0.15) is 5.60 Å². The Bertz CT molecular complexity index is 815. The molecule has 0 spiro atoms. The van der Waals surface area contributed by atoms with E-state index in [1.54, 1.807) is 12.5 Å². The topological polar surface area (TPSA) is 38.0 Å². The molecule has 4 heteroatoms. The third-order valence-corrected chi connectivity index (χ3v) is 5.08. The Labute approximate surface area is 146 Å². The van der Waals surface area contributed by atoms with Crippen LogP contribution in [0.25, 0.3) is 0 Å². The summed E-state index contributed by atoms with van der Waals surface area (Å²) in [5.41, 5.74) is 0.928. The highest BCUT2D eigenvalue weighted by atomic mass is 35.5. The second-order valence-electron chi connectivity index (χ2n) is 6.43. The monoisotopic (exact) mass is 338 g/mol. The van der Waals surface area contributed by atoms with E-state index >= 15 is 0 Å². The van der Waals surface area contributed by atoms with Crippen LogP contribution in [-0.2, 0) is 5.60 Å². The van der Waals surface area contributed by atoms with Gasteiger partial charge in [0.05, 0.1) is 12.4 Å². The van der Waals surface area contributed by atoms with E-state index in [4.69, 9.17) is 11.6 Å². The number of halogens is 1. The highest BCUT2D eigenvalue weighted by Crippen LogP contribution is 2.53. The summed E-state index contributed by atoms with van der Waals surface area (Å²) in [5, 5.41) is 12.6. The number of rotatable bonds is 5. The number of hydrogen-bond donors (Lipinski definition) is 1. The smallest absolute Gasteiger partial charge is 0.117 e. The molecule has 1 aliphatic rings. The molecule has 1 fully saturated rings. The fourth-order valence-corrected chi connectivity index (χ4v) is 3.80. The van der Waals surface area contributed by atoms with Gasteiger partial charge >= 0.3 is 0 Å². The van der Waals surface area contributed by atoms with Crippen LogP contribution in [0.2, 0.25) is 5.02 Å². The number of benzene rings is 2. The largest absolute Gasteiger partial charge is 0.382 e. The number of hydrogen-bond acceptors (Lipinski definition) is 2. The lowest BCUT2D eigenvalue weighted by Crippen LogP contribution is -2.39. The maximum absolute atomic E-state index is 11.9. The molecule has 1 heterocycles. The van der Waals surface area contributed by atoms with Gasteiger partial charge in [0.25, 0.3) is 0 Å². The van der Waals surface area contributed by atoms with E-state index in [0.29, 0.717) is 5.02 Å². The second-order valence-corrected chi connectivity index (χ2v) is 6.87. The van der Waals surface area contributed by atoms with Crippen molar-refractivity contribution in [3.63, 3.8) is 0 Å². The van der Waals surface area contributed by atoms with Crippen LogP contribution in [-0.4, -0.2) is 14.7 Å². The van der Waals surface area contributed by atoms with Gasteiger partial charge in [-0.2, -0.15) is 0 Å². The first-order chi connectivity index (χ1) is 11.7. The van der Waals surface area contributed by atoms with Crippen LogP contribution in [0.4, 0.5) is 0 Å². The fourth-order valence-electron chi connectivity index (χ4n) is 3.60. The number of aromatic nitrogens is 2. The number of aliphatic hydroxyl groups is 1. The Morgan fingerprint density at radius 2 is 1.92 bits per heavy atom. The molecule has 3 aromatic rings. The van der Waals surface area contributed by atoms with Gasteiger partial charge in [-0.3, -0.25) is 0 Å². The minimum Gasteiger partial charge on any atom is -0.382 e. The zero-order chi connectivity index (χ0) is 16.6. The van der Waals surface area contributed by atoms with Gasteiger partial charge in [-0.25, -0.2) is 4.98 Å². The molecular formula is C20H19ClN2O. The molecule has 1 saturated carbocycles. The zero-order valence-corrected chi connectivity index (χ0v) is 14.0. The predicted molar refractivity (Wildman–Crippen MR) is 94.9 cm³/mol. The minimum absolute atomic E-state index is 0.228. The van der Waals surface area contributed by atoms with Crippen LogP contribution in [0.15, 0.2) is 73.3 Å². The van der Waals surface area contributed by atoms with Gasteiger partial charge in [0.15, 0.2) is 0 Å². The average molecular weight is 339 g/mol. The Morgan fingerprint density at radius 3 is 2.54 bits per heavy atom. The highest BCUT2D eigenvalue weighted by Gasteiger charge is 2.51. The maximum atomic E-state index is 11.9. The molecule has 4 rings (SSSR count). The van der Waals surface area contributed by atoms with E-state index in [1.807, 2.05) is 65.4 Å². The highest BCUT2D eigenvalue weighted by molar-refractivity contribution is 6.30. The number of imidazole rings is 1. The third kappa shape index (κ3) is 2.64. The lowest BCUT2D eigenvalue weighted by atomic mass is 9.78. The van der Waals surface area contributed by atoms with E-state index in [-0.39, 0.29) is 12.0 Å². The van der Waals surface area contributed by atoms with Gasteiger partial charge in [-0.15, -0.1) is 0 Å². The third-order valence-electron chi connectivity index (χ3n) is 4.84. The van der Waals surface area contributed by atoms with Crippen molar-refractivity contribution in [1.29, 1.82) is 0 Å². The normalized spacial score (nSPS) is 18.1. The molecule has 2 atom stereocenters. The minimum atomic E-state index is -0.993. The molecule has 3 nitrogen and oxygen atoms in total. The van der Waals surface area contributed by atoms with Crippen LogP contribution in [0.5, 0.6) is 0 Å². The van der Waals surface area contributed by atoms with Crippen molar-refractivity contribution in [2.45, 2.75) is 24.5 Å². The maximum Gasteiger partial charge on any atom is 0.117 e. The Kier molecular flexibility index (Phi) is 3.91. The van der Waals surface area contributed by atoms with E-state index < -0.39 is 5.60 Å². The average Bonchev–Trinajstić information content (AvgIpc) is 3.34. The van der Waals surface area contributed by atoms with Crippen molar-refractivity contribution in [3.05, 3.63) is 89.5 Å². The van der Waals surface area contributed by atoms with E-state index in [1.165, 1.54) is 0 Å². The van der Waals surface area contributed by atoms with Crippen molar-refractivity contribution in [1.82, 2.24) is 9.55 Å². The lowest BCUT2D eigenvalue weighted by Gasteiger charge is -2.38. The summed E-state index contributed by atoms with van der Waals surface area (Å²) in [5.74, 6) is 0.228. The molecule has 1 aromatic heterocycles. The van der Waals surface area contributed by atoms with Crippen LogP contribution in [0.3, 0.4) is 0 Å². The van der Waals surface area contributed by atoms with Gasteiger partial charge in [0.2, 0.25) is 0 Å². The lowest BCUT2D eigenvalue weighted by molar-refractivity contribution is -0.0253. The molecule has 122 valence electrons. The summed E-state index contributed by atoms with van der Waals surface area (Å²) in [4.78, 5) is 4.20. The second kappa shape index (κ2) is 6.08. The van der Waals surface area contributed by atoms with Crippen molar-refractivity contribution < 1.29 is 5.11 Å². The summed E-state index contributed by atoms with van der Waals surface area (Å²) >= 11 is 6.24. The quantitative estimate of drug-likeness (QED) is 0.747. The van der Waals surface area contributed by atoms with E-state index in [0.717, 1.165) is 24.0 Å². The first-order valence-electron chi connectivity index (χ1n) is 8.20. The summed E-state index contributed by atoms with van der Waals surface area (Å²) in [6.07, 6.45) is 7.47. The molecule has 0 saturated heterocycles. The van der Waals surface area contributed by atoms with Crippen LogP contribution >= 0.6 is 11.6 Å². The molecular weight excluding hydrogens is 320 g/mol. The first-order valence-corrected chi connectivity index (χ1v) is 8.58. The van der Waals surface area contributed by atoms with E-state index in [9.17, 15) is 5.11 Å². The Morgan fingerprint density at radius 1 is 1.12 bits per heavy atom. The predicted octanol–water partition coefficient (Wildman–Crippen LogP) is 4.42. The number of nitrogens with zero attached hydrogens (tertiary/aromatic N) is 2. The fraction of sp³-hybridized carbons (Fsp3) is 0.250. The van der Waals surface area contributed by atoms with Crippen LogP contribution in [0.1, 0.15) is 30.0 Å². The SMILES string of the molecule is OC(c1ccccc1)(C1CC1)C(c1cccc(Cl)c1)n1ccnc1. The van der Waals surface area contributed by atoms with Crippen molar-refractivity contribution in [3.8, 4) is 0 Å².